The third-order valence-electron chi connectivity index (χ3n) is 6.30. The summed E-state index contributed by atoms with van der Waals surface area (Å²) in [5, 5.41) is 22.5. The number of hydrogen-bond donors (Lipinski definition) is 4. The number of benzene rings is 1. The van der Waals surface area contributed by atoms with E-state index in [0.29, 0.717) is 28.1 Å². The summed E-state index contributed by atoms with van der Waals surface area (Å²) in [7, 11) is -1.13. The molecule has 4 aromatic rings. The van der Waals surface area contributed by atoms with Crippen molar-refractivity contribution < 1.29 is 14.4 Å². The number of nitrogens with zero attached hydrogens (tertiary/aromatic N) is 3. The van der Waals surface area contributed by atoms with Gasteiger partial charge in [0.15, 0.2) is 0 Å². The Kier molecular flexibility index (Phi) is 7.05. The van der Waals surface area contributed by atoms with E-state index in [0.717, 1.165) is 46.2 Å². The number of nitrogen functional groups attached to an aromatic ring is 1. The summed E-state index contributed by atoms with van der Waals surface area (Å²) in [6.07, 6.45) is 6.44. The Hall–Kier alpha value is -2.92. The molecule has 5 N–H and O–H groups in total. The third kappa shape index (κ3) is 4.79. The van der Waals surface area contributed by atoms with E-state index in [4.69, 9.17) is 10.7 Å². The molecule has 182 valence electrons. The lowest BCUT2D eigenvalue weighted by Crippen LogP contribution is -2.23. The second-order valence-electron chi connectivity index (χ2n) is 8.66. The van der Waals surface area contributed by atoms with Crippen LogP contribution in [0.2, 0.25) is 0 Å². The van der Waals surface area contributed by atoms with Gasteiger partial charge in [0.2, 0.25) is 5.95 Å². The summed E-state index contributed by atoms with van der Waals surface area (Å²) in [6.45, 7) is 0.126. The van der Waals surface area contributed by atoms with E-state index < -0.39 is 10.8 Å². The van der Waals surface area contributed by atoms with Crippen LogP contribution in [0.5, 0.6) is 0 Å². The minimum absolute atomic E-state index is 0.120. The first-order valence-electron chi connectivity index (χ1n) is 11.6. The maximum atomic E-state index is 13.2. The van der Waals surface area contributed by atoms with Crippen LogP contribution in [-0.4, -0.2) is 54.4 Å². The van der Waals surface area contributed by atoms with Gasteiger partial charge in [-0.3, -0.25) is 4.21 Å². The summed E-state index contributed by atoms with van der Waals surface area (Å²) in [5.74, 6) is 0.128. The van der Waals surface area contributed by atoms with E-state index in [9.17, 15) is 14.4 Å². The quantitative estimate of drug-likeness (QED) is 0.268. The molecular weight excluding hydrogens is 482 g/mol. The lowest BCUT2D eigenvalue weighted by molar-refractivity contribution is 0.157. The van der Waals surface area contributed by atoms with E-state index in [2.05, 4.69) is 15.3 Å². The average Bonchev–Trinajstić information content (AvgIpc) is 3.20. The Labute approximate surface area is 209 Å². The number of fused-ring (bicyclic) bond motifs is 1. The fourth-order valence-electron chi connectivity index (χ4n) is 3.95. The van der Waals surface area contributed by atoms with Gasteiger partial charge in [0.05, 0.1) is 22.2 Å². The number of aliphatic hydroxyl groups is 2. The van der Waals surface area contributed by atoms with Crippen LogP contribution in [0.1, 0.15) is 19.3 Å². The zero-order valence-electron chi connectivity index (χ0n) is 19.1. The molecule has 10 heteroatoms. The SMILES string of the molecule is Nc1c(S(=O)C2CCC2)sc2nc(-c3cnc(NCC(CO)CO)nc3)cc(-c3ccccc3)c12. The smallest absolute Gasteiger partial charge is 0.222 e. The molecule has 3 heterocycles. The third-order valence-corrected chi connectivity index (χ3v) is 9.60. The van der Waals surface area contributed by atoms with E-state index in [1.54, 1.807) is 12.4 Å². The van der Waals surface area contributed by atoms with Crippen LogP contribution in [0.15, 0.2) is 53.0 Å². The van der Waals surface area contributed by atoms with Crippen LogP contribution < -0.4 is 11.1 Å². The predicted octanol–water partition coefficient (Wildman–Crippen LogP) is 3.68. The highest BCUT2D eigenvalue weighted by Crippen LogP contribution is 2.44. The molecule has 1 aromatic carbocycles. The number of rotatable bonds is 9. The Balaban J connectivity index is 1.54. The molecule has 1 saturated carbocycles. The summed E-state index contributed by atoms with van der Waals surface area (Å²) in [5.41, 5.74) is 10.5. The maximum Gasteiger partial charge on any atom is 0.222 e. The van der Waals surface area contributed by atoms with Crippen molar-refractivity contribution in [2.45, 2.75) is 28.7 Å². The van der Waals surface area contributed by atoms with E-state index in [1.807, 2.05) is 36.4 Å². The minimum atomic E-state index is -1.13. The van der Waals surface area contributed by atoms with Gasteiger partial charge in [0, 0.05) is 54.3 Å². The van der Waals surface area contributed by atoms with Gasteiger partial charge in [-0.15, -0.1) is 11.3 Å². The highest BCUT2D eigenvalue weighted by molar-refractivity contribution is 7.88. The van der Waals surface area contributed by atoms with Crippen LogP contribution in [0.3, 0.4) is 0 Å². The Morgan fingerprint density at radius 2 is 1.83 bits per heavy atom. The number of pyridine rings is 1. The molecule has 0 spiro atoms. The van der Waals surface area contributed by atoms with Gasteiger partial charge >= 0.3 is 0 Å². The van der Waals surface area contributed by atoms with Crippen molar-refractivity contribution in [3.8, 4) is 22.4 Å². The van der Waals surface area contributed by atoms with Crippen molar-refractivity contribution in [2.75, 3.05) is 30.8 Å². The van der Waals surface area contributed by atoms with Crippen LogP contribution >= 0.6 is 11.3 Å². The topological polar surface area (TPSA) is 134 Å². The van der Waals surface area contributed by atoms with Gasteiger partial charge in [-0.2, -0.15) is 0 Å². The number of aliphatic hydroxyl groups excluding tert-OH is 2. The van der Waals surface area contributed by atoms with Gasteiger partial charge in [-0.05, 0) is 30.0 Å². The molecule has 1 unspecified atom stereocenters. The van der Waals surface area contributed by atoms with Crippen molar-refractivity contribution in [2.24, 2.45) is 5.92 Å². The largest absolute Gasteiger partial charge is 0.396 e. The fourth-order valence-corrected chi connectivity index (χ4v) is 7.16. The number of aromatic nitrogens is 3. The molecule has 0 radical (unpaired) electrons. The normalized spacial score (nSPS) is 14.8. The average molecular weight is 510 g/mol. The van der Waals surface area contributed by atoms with E-state index >= 15 is 0 Å². The Bertz CT molecular complexity index is 1340. The van der Waals surface area contributed by atoms with Crippen molar-refractivity contribution >= 4 is 44.0 Å². The Morgan fingerprint density at radius 3 is 2.46 bits per heavy atom. The summed E-state index contributed by atoms with van der Waals surface area (Å²) in [4.78, 5) is 14.4. The van der Waals surface area contributed by atoms with Crippen molar-refractivity contribution in [3.63, 3.8) is 0 Å². The lowest BCUT2D eigenvalue weighted by Gasteiger charge is -2.23. The predicted molar refractivity (Wildman–Crippen MR) is 141 cm³/mol. The highest BCUT2D eigenvalue weighted by atomic mass is 32.2. The van der Waals surface area contributed by atoms with Crippen LogP contribution in [0.25, 0.3) is 32.6 Å². The molecule has 35 heavy (non-hydrogen) atoms. The number of thiophene rings is 1. The lowest BCUT2D eigenvalue weighted by atomic mass is 10.00. The first-order valence-corrected chi connectivity index (χ1v) is 13.6. The molecule has 8 nitrogen and oxygen atoms in total. The standard InChI is InChI=1S/C25H27N5O3S2/c26-22-21-19(16-5-2-1-3-6-16)9-20(30-23(21)34-24(22)35(33)18-7-4-8-18)17-11-28-25(29-12-17)27-10-15(13-31)14-32/h1-3,5-6,9,11-12,15,18,31-32H,4,7-8,10,13-14,26H2,(H,27,28,29). The molecule has 0 aliphatic heterocycles. The molecular formula is C25H27N5O3S2. The summed E-state index contributed by atoms with van der Waals surface area (Å²) < 4.78 is 13.9. The molecule has 1 fully saturated rings. The molecule has 3 aromatic heterocycles. The molecule has 1 atom stereocenters. The molecule has 1 aliphatic rings. The van der Waals surface area contributed by atoms with Crippen LogP contribution in [0.4, 0.5) is 11.6 Å². The van der Waals surface area contributed by atoms with Gasteiger partial charge in [-0.1, -0.05) is 36.8 Å². The number of nitrogens with two attached hydrogens (primary N) is 1. The van der Waals surface area contributed by atoms with Crippen molar-refractivity contribution in [1.29, 1.82) is 0 Å². The number of nitrogens with one attached hydrogen (secondary N) is 1. The highest BCUT2D eigenvalue weighted by Gasteiger charge is 2.29. The zero-order chi connectivity index (χ0) is 24.4. The van der Waals surface area contributed by atoms with Gasteiger partial charge in [0.1, 0.15) is 9.04 Å². The molecule has 1 aliphatic carbocycles. The maximum absolute atomic E-state index is 13.2. The van der Waals surface area contributed by atoms with Crippen molar-refractivity contribution in [1.82, 2.24) is 15.0 Å². The first-order chi connectivity index (χ1) is 17.1. The van der Waals surface area contributed by atoms with Gasteiger partial charge < -0.3 is 21.3 Å². The van der Waals surface area contributed by atoms with Crippen molar-refractivity contribution in [3.05, 3.63) is 48.8 Å². The number of hydrogen-bond acceptors (Lipinski definition) is 9. The number of anilines is 2. The summed E-state index contributed by atoms with van der Waals surface area (Å²) >= 11 is 1.41. The second-order valence-corrected chi connectivity index (χ2v) is 11.6. The van der Waals surface area contributed by atoms with Crippen LogP contribution in [0, 0.1) is 5.92 Å². The molecule has 0 amide bonds. The Morgan fingerprint density at radius 1 is 1.11 bits per heavy atom. The van der Waals surface area contributed by atoms with Gasteiger partial charge in [-0.25, -0.2) is 15.0 Å². The van der Waals surface area contributed by atoms with E-state index in [-0.39, 0.29) is 24.4 Å². The van der Waals surface area contributed by atoms with Crippen LogP contribution in [-0.2, 0) is 10.8 Å². The van der Waals surface area contributed by atoms with E-state index in [1.165, 1.54) is 11.3 Å². The summed E-state index contributed by atoms with van der Waals surface area (Å²) in [6, 6.07) is 12.0. The second kappa shape index (κ2) is 10.4. The zero-order valence-corrected chi connectivity index (χ0v) is 20.7. The molecule has 0 saturated heterocycles. The minimum Gasteiger partial charge on any atom is -0.396 e. The monoisotopic (exact) mass is 509 g/mol. The molecule has 5 rings (SSSR count). The molecule has 0 bridgehead atoms. The first kappa shape index (κ1) is 23.8. The van der Waals surface area contributed by atoms with Gasteiger partial charge in [0.25, 0.3) is 0 Å². The fraction of sp³-hybridized carbons (Fsp3) is 0.320.